The molecule has 1 saturated heterocycles. The number of carbonyl (C=O) groups is 1. The van der Waals surface area contributed by atoms with E-state index in [-0.39, 0.29) is 5.56 Å². The van der Waals surface area contributed by atoms with Crippen LogP contribution in [-0.2, 0) is 41.0 Å². The number of hydrogen-bond donors (Lipinski definition) is 1. The summed E-state index contributed by atoms with van der Waals surface area (Å²) >= 11 is 0. The van der Waals surface area contributed by atoms with Crippen LogP contribution in [0.15, 0.2) is 93.5 Å². The van der Waals surface area contributed by atoms with Crippen molar-refractivity contribution >= 4 is 27.0 Å². The molecule has 0 radical (unpaired) electrons. The average Bonchev–Trinajstić information content (AvgIpc) is 3.15. The molecule has 0 aromatic heterocycles. The van der Waals surface area contributed by atoms with Crippen molar-refractivity contribution in [1.82, 2.24) is 0 Å². The number of carbonyl (C=O) groups excluding carboxylic acids is 1. The van der Waals surface area contributed by atoms with Crippen LogP contribution in [0.4, 0.5) is 8.78 Å². The summed E-state index contributed by atoms with van der Waals surface area (Å²) in [6.45, 7) is 3.85. The highest BCUT2D eigenvalue weighted by molar-refractivity contribution is 7.97. The van der Waals surface area contributed by atoms with Gasteiger partial charge in [0.1, 0.15) is 0 Å². The first-order chi connectivity index (χ1) is 18.4. The molecular formula is C28H29F2O7S2+. The third-order valence-electron chi connectivity index (χ3n) is 6.31. The molecule has 3 aromatic carbocycles. The Balaban J connectivity index is 1.60. The van der Waals surface area contributed by atoms with Gasteiger partial charge in [-0.05, 0) is 87.4 Å². The van der Waals surface area contributed by atoms with Gasteiger partial charge in [-0.3, -0.25) is 4.55 Å². The van der Waals surface area contributed by atoms with Crippen LogP contribution in [0.3, 0.4) is 0 Å². The monoisotopic (exact) mass is 579 g/mol. The molecule has 11 heteroatoms. The average molecular weight is 580 g/mol. The zero-order valence-corrected chi connectivity index (χ0v) is 23.0. The van der Waals surface area contributed by atoms with Crippen molar-refractivity contribution in [2.24, 2.45) is 0 Å². The maximum Gasteiger partial charge on any atom is 0.405 e. The Hall–Kier alpha value is -2.83. The second-order valence-electron chi connectivity index (χ2n) is 9.10. The summed E-state index contributed by atoms with van der Waals surface area (Å²) in [7, 11) is -6.32. The van der Waals surface area contributed by atoms with Gasteiger partial charge in [0.15, 0.2) is 26.6 Å². The first kappa shape index (κ1) is 29.2. The molecule has 0 aliphatic carbocycles. The Labute approximate surface area is 229 Å². The fourth-order valence-electron chi connectivity index (χ4n) is 4.04. The van der Waals surface area contributed by atoms with Crippen LogP contribution >= 0.6 is 0 Å². The molecule has 3 aromatic rings. The van der Waals surface area contributed by atoms with Crippen molar-refractivity contribution in [3.05, 3.63) is 90.0 Å². The first-order valence-electron chi connectivity index (χ1n) is 12.3. The van der Waals surface area contributed by atoms with E-state index in [0.29, 0.717) is 20.1 Å². The number of halogens is 2. The topological polar surface area (TPSA) is 99.1 Å². The van der Waals surface area contributed by atoms with E-state index in [9.17, 15) is 22.0 Å². The summed E-state index contributed by atoms with van der Waals surface area (Å²) in [4.78, 5) is 15.3. The molecule has 1 aliphatic rings. The smallest absolute Gasteiger partial charge is 0.405 e. The minimum absolute atomic E-state index is 0.0423. The molecule has 2 atom stereocenters. The summed E-state index contributed by atoms with van der Waals surface area (Å²) in [5.74, 6) is -1.97. The van der Waals surface area contributed by atoms with E-state index in [1.807, 2.05) is 61.5 Å². The molecule has 1 N–H and O–H groups in total. The molecule has 0 spiro atoms. The molecule has 208 valence electrons. The summed E-state index contributed by atoms with van der Waals surface area (Å²) in [5.41, 5.74) is 0.859. The number of esters is 1. The standard InChI is InChI=1S/C28H28F2O7S2/c1-20(28(29,30)39(32,33)34)37-26(31)21-10-14-24(15-11-21)38(23-8-4-3-5-9-23)25-16-12-22(13-17-25)27(2)35-18-6-7-19-36-27/h3-5,8-17,20H,6-7,18-19H2,1-2H3/p+1. The van der Waals surface area contributed by atoms with Crippen molar-refractivity contribution in [2.75, 3.05) is 13.2 Å². The van der Waals surface area contributed by atoms with Gasteiger partial charge in [-0.2, -0.15) is 17.2 Å². The fourth-order valence-corrected chi connectivity index (χ4v) is 6.57. The maximum atomic E-state index is 13.8. The fraction of sp³-hybridized carbons (Fsp3) is 0.321. The van der Waals surface area contributed by atoms with E-state index in [2.05, 4.69) is 4.74 Å². The van der Waals surface area contributed by atoms with E-state index in [1.54, 1.807) is 12.1 Å². The summed E-state index contributed by atoms with van der Waals surface area (Å²) in [6.07, 6.45) is -0.506. The summed E-state index contributed by atoms with van der Waals surface area (Å²) in [5, 5.41) is -4.64. The summed E-state index contributed by atoms with van der Waals surface area (Å²) in [6, 6.07) is 24.0. The quantitative estimate of drug-likeness (QED) is 0.204. The number of ether oxygens (including phenoxy) is 3. The zero-order chi connectivity index (χ0) is 28.3. The second kappa shape index (κ2) is 11.7. The molecule has 0 amide bonds. The summed E-state index contributed by atoms with van der Waals surface area (Å²) < 4.78 is 74.9. The molecular weight excluding hydrogens is 550 g/mol. The molecule has 1 aliphatic heterocycles. The van der Waals surface area contributed by atoms with Crippen molar-refractivity contribution in [2.45, 2.75) is 58.5 Å². The first-order valence-corrected chi connectivity index (χ1v) is 14.9. The number of alkyl halides is 2. The largest absolute Gasteiger partial charge is 0.451 e. The number of hydrogen-bond acceptors (Lipinski definition) is 6. The zero-order valence-electron chi connectivity index (χ0n) is 21.4. The second-order valence-corrected chi connectivity index (χ2v) is 12.6. The Kier molecular flexibility index (Phi) is 8.77. The van der Waals surface area contributed by atoms with Crippen LogP contribution in [0, 0.1) is 0 Å². The van der Waals surface area contributed by atoms with Gasteiger partial charge in [0, 0.05) is 5.56 Å². The Morgan fingerprint density at radius 2 is 1.41 bits per heavy atom. The SMILES string of the molecule is CC(OC(=O)c1ccc([S+](c2ccccc2)c2ccc(C3(C)OCCCCO3)cc2)cc1)C(F)(F)S(=O)(=O)O. The van der Waals surface area contributed by atoms with Crippen LogP contribution < -0.4 is 0 Å². The molecule has 1 fully saturated rings. The highest BCUT2D eigenvalue weighted by atomic mass is 32.2. The predicted molar refractivity (Wildman–Crippen MR) is 141 cm³/mol. The van der Waals surface area contributed by atoms with Gasteiger partial charge < -0.3 is 14.2 Å². The van der Waals surface area contributed by atoms with Gasteiger partial charge >= 0.3 is 21.3 Å². The maximum absolute atomic E-state index is 13.8. The van der Waals surface area contributed by atoms with Crippen molar-refractivity contribution in [1.29, 1.82) is 0 Å². The van der Waals surface area contributed by atoms with Gasteiger partial charge in [-0.15, -0.1) is 0 Å². The molecule has 0 bridgehead atoms. The normalized spacial score (nSPS) is 17.6. The van der Waals surface area contributed by atoms with Crippen molar-refractivity contribution in [3.63, 3.8) is 0 Å². The van der Waals surface area contributed by atoms with Crippen LogP contribution in [0.25, 0.3) is 0 Å². The van der Waals surface area contributed by atoms with Crippen LogP contribution in [-0.4, -0.2) is 43.5 Å². The Morgan fingerprint density at radius 1 is 0.923 bits per heavy atom. The van der Waals surface area contributed by atoms with Gasteiger partial charge in [-0.25, -0.2) is 4.79 Å². The number of rotatable bonds is 8. The third-order valence-corrected chi connectivity index (χ3v) is 9.56. The number of benzene rings is 3. The van der Waals surface area contributed by atoms with E-state index in [1.165, 1.54) is 12.1 Å². The molecule has 7 nitrogen and oxygen atoms in total. The Bertz CT molecular complexity index is 1370. The van der Waals surface area contributed by atoms with E-state index in [4.69, 9.17) is 14.0 Å². The minimum atomic E-state index is -5.75. The van der Waals surface area contributed by atoms with E-state index in [0.717, 1.165) is 33.1 Å². The molecule has 4 rings (SSSR count). The van der Waals surface area contributed by atoms with E-state index >= 15 is 0 Å². The van der Waals surface area contributed by atoms with Gasteiger partial charge in [-0.1, -0.05) is 18.2 Å². The molecule has 0 saturated carbocycles. The van der Waals surface area contributed by atoms with Crippen LogP contribution in [0.1, 0.15) is 42.6 Å². The minimum Gasteiger partial charge on any atom is -0.451 e. The lowest BCUT2D eigenvalue weighted by Crippen LogP contribution is -2.42. The van der Waals surface area contributed by atoms with Crippen LogP contribution in [0.5, 0.6) is 0 Å². The highest BCUT2D eigenvalue weighted by Crippen LogP contribution is 2.35. The third kappa shape index (κ3) is 6.50. The van der Waals surface area contributed by atoms with E-state index < -0.39 is 44.1 Å². The van der Waals surface area contributed by atoms with Crippen molar-refractivity contribution < 1.29 is 40.8 Å². The molecule has 39 heavy (non-hydrogen) atoms. The highest BCUT2D eigenvalue weighted by Gasteiger charge is 2.52. The van der Waals surface area contributed by atoms with Gasteiger partial charge in [0.25, 0.3) is 0 Å². The lowest BCUT2D eigenvalue weighted by Gasteiger charge is -2.28. The predicted octanol–water partition coefficient (Wildman–Crippen LogP) is 5.81. The molecule has 2 unspecified atom stereocenters. The lowest BCUT2D eigenvalue weighted by atomic mass is 10.1. The Morgan fingerprint density at radius 3 is 1.92 bits per heavy atom. The molecule has 1 heterocycles. The van der Waals surface area contributed by atoms with Crippen LogP contribution in [0.2, 0.25) is 0 Å². The van der Waals surface area contributed by atoms with Gasteiger partial charge in [0.2, 0.25) is 0 Å². The van der Waals surface area contributed by atoms with Gasteiger partial charge in [0.05, 0.1) is 29.7 Å². The van der Waals surface area contributed by atoms with Crippen molar-refractivity contribution in [3.8, 4) is 0 Å². The lowest BCUT2D eigenvalue weighted by molar-refractivity contribution is -0.221.